The van der Waals surface area contributed by atoms with Gasteiger partial charge in [-0.1, -0.05) is 19.8 Å². The highest BCUT2D eigenvalue weighted by Crippen LogP contribution is 2.46. The first-order valence-electron chi connectivity index (χ1n) is 14.4. The number of aromatic hydroxyl groups is 1. The molecule has 3 heterocycles. The summed E-state index contributed by atoms with van der Waals surface area (Å²) < 4.78 is 14.0. The lowest BCUT2D eigenvalue weighted by Crippen LogP contribution is -2.46. The Morgan fingerprint density at radius 2 is 1.88 bits per heavy atom. The SMILES string of the molecule is CCc1cc(CCC2(C3CCCC3)CC(O)=C(Cc3nc4nc(C)cc(C)n4n3)C(=O)O2)c(OC(C)C)cc1O. The second kappa shape index (κ2) is 11.1. The van der Waals surface area contributed by atoms with Crippen LogP contribution in [0.3, 0.4) is 0 Å². The van der Waals surface area contributed by atoms with Gasteiger partial charge in [0.2, 0.25) is 0 Å². The summed E-state index contributed by atoms with van der Waals surface area (Å²) >= 11 is 0. The number of nitrogens with zero attached hydrogens (tertiary/aromatic N) is 4. The van der Waals surface area contributed by atoms with E-state index < -0.39 is 11.6 Å². The average molecular weight is 549 g/mol. The standard InChI is InChI=1S/C31H40N4O5/c1-6-21-14-22(27(16-25(21)36)39-18(2)3)11-12-31(23-9-7-8-10-23)17-26(37)24(29(38)40-31)15-28-33-30-32-19(4)13-20(5)35(30)34-28/h13-14,16,18,23,36-37H,6-12,15,17H2,1-5H3. The van der Waals surface area contributed by atoms with Gasteiger partial charge in [-0.25, -0.2) is 14.3 Å². The number of rotatable bonds is 9. The summed E-state index contributed by atoms with van der Waals surface area (Å²) in [7, 11) is 0. The van der Waals surface area contributed by atoms with E-state index in [4.69, 9.17) is 9.47 Å². The van der Waals surface area contributed by atoms with Gasteiger partial charge in [0, 0.05) is 30.3 Å². The van der Waals surface area contributed by atoms with Crippen LogP contribution in [0.5, 0.6) is 11.5 Å². The number of aromatic nitrogens is 4. The van der Waals surface area contributed by atoms with Crippen LogP contribution in [0, 0.1) is 19.8 Å². The van der Waals surface area contributed by atoms with Crippen molar-refractivity contribution >= 4 is 11.7 Å². The maximum Gasteiger partial charge on any atom is 0.338 e. The molecule has 1 unspecified atom stereocenters. The average Bonchev–Trinajstić information content (AvgIpc) is 3.56. The third kappa shape index (κ3) is 5.51. The summed E-state index contributed by atoms with van der Waals surface area (Å²) in [5.41, 5.74) is 2.96. The number of cyclic esters (lactones) is 1. The number of phenolic OH excluding ortho intramolecular Hbond substituents is 1. The summed E-state index contributed by atoms with van der Waals surface area (Å²) in [6.45, 7) is 9.75. The minimum atomic E-state index is -0.803. The molecule has 0 spiro atoms. The van der Waals surface area contributed by atoms with Gasteiger partial charge < -0.3 is 19.7 Å². The maximum absolute atomic E-state index is 13.5. The lowest BCUT2D eigenvalue weighted by atomic mass is 9.76. The van der Waals surface area contributed by atoms with Gasteiger partial charge in [0.15, 0.2) is 5.82 Å². The molecular weight excluding hydrogens is 508 g/mol. The molecular formula is C31H40N4O5. The van der Waals surface area contributed by atoms with Gasteiger partial charge in [0.25, 0.3) is 5.78 Å². The van der Waals surface area contributed by atoms with Gasteiger partial charge in [0.05, 0.1) is 11.7 Å². The highest BCUT2D eigenvalue weighted by Gasteiger charge is 2.48. The number of hydrogen-bond donors (Lipinski definition) is 2. The van der Waals surface area contributed by atoms with Crippen LogP contribution in [0.4, 0.5) is 0 Å². The predicted molar refractivity (Wildman–Crippen MR) is 151 cm³/mol. The normalized spacial score (nSPS) is 20.1. The van der Waals surface area contributed by atoms with Crippen LogP contribution in [0.25, 0.3) is 5.78 Å². The zero-order valence-electron chi connectivity index (χ0n) is 24.2. The Labute approximate surface area is 235 Å². The molecule has 2 aromatic heterocycles. The molecule has 1 atom stereocenters. The molecule has 214 valence electrons. The molecule has 2 aliphatic rings. The quantitative estimate of drug-likeness (QED) is 0.329. The van der Waals surface area contributed by atoms with E-state index in [2.05, 4.69) is 15.1 Å². The van der Waals surface area contributed by atoms with Gasteiger partial charge in [-0.05, 0) is 89.0 Å². The summed E-state index contributed by atoms with van der Waals surface area (Å²) in [4.78, 5) is 22.4. The molecule has 0 bridgehead atoms. The summed E-state index contributed by atoms with van der Waals surface area (Å²) in [5.74, 6) is 1.47. The molecule has 5 rings (SSSR count). The van der Waals surface area contributed by atoms with Crippen molar-refractivity contribution in [2.24, 2.45) is 5.92 Å². The molecule has 1 aliphatic heterocycles. The fourth-order valence-electron chi connectivity index (χ4n) is 6.28. The molecule has 0 amide bonds. The van der Waals surface area contributed by atoms with Crippen molar-refractivity contribution in [2.75, 3.05) is 0 Å². The van der Waals surface area contributed by atoms with E-state index in [9.17, 15) is 15.0 Å². The third-order valence-corrected chi connectivity index (χ3v) is 8.28. The first kappa shape index (κ1) is 27.9. The van der Waals surface area contributed by atoms with Gasteiger partial charge in [0.1, 0.15) is 22.9 Å². The maximum atomic E-state index is 13.5. The number of aryl methyl sites for hydroxylation is 4. The number of fused-ring (bicyclic) bond motifs is 1. The van der Waals surface area contributed by atoms with Crippen molar-refractivity contribution in [3.05, 3.63) is 57.9 Å². The molecule has 0 radical (unpaired) electrons. The van der Waals surface area contributed by atoms with E-state index in [1.54, 1.807) is 10.6 Å². The van der Waals surface area contributed by atoms with Gasteiger partial charge in [-0.3, -0.25) is 0 Å². The van der Waals surface area contributed by atoms with Crippen LogP contribution in [0.1, 0.15) is 87.6 Å². The second-order valence-corrected chi connectivity index (χ2v) is 11.6. The van der Waals surface area contributed by atoms with Gasteiger partial charge >= 0.3 is 5.97 Å². The predicted octanol–water partition coefficient (Wildman–Crippen LogP) is 5.66. The zero-order valence-corrected chi connectivity index (χ0v) is 24.2. The first-order valence-corrected chi connectivity index (χ1v) is 14.4. The Morgan fingerprint density at radius 3 is 2.55 bits per heavy atom. The fraction of sp³-hybridized carbons (Fsp3) is 0.548. The van der Waals surface area contributed by atoms with Crippen molar-refractivity contribution in [2.45, 2.75) is 104 Å². The molecule has 9 nitrogen and oxygen atoms in total. The van der Waals surface area contributed by atoms with Crippen molar-refractivity contribution < 1.29 is 24.5 Å². The van der Waals surface area contributed by atoms with Crippen LogP contribution in [-0.4, -0.2) is 47.5 Å². The number of aliphatic hydroxyl groups excluding tert-OH is 1. The number of benzene rings is 1. The fourth-order valence-corrected chi connectivity index (χ4v) is 6.28. The van der Waals surface area contributed by atoms with Crippen LogP contribution in [0.2, 0.25) is 0 Å². The number of carbonyl (C=O) groups is 1. The van der Waals surface area contributed by atoms with Gasteiger partial charge in [-0.2, -0.15) is 4.98 Å². The molecule has 0 saturated heterocycles. The topological polar surface area (TPSA) is 119 Å². The number of phenols is 1. The minimum absolute atomic E-state index is 0.0485. The van der Waals surface area contributed by atoms with E-state index >= 15 is 0 Å². The van der Waals surface area contributed by atoms with E-state index in [0.29, 0.717) is 36.6 Å². The molecule has 9 heteroatoms. The Balaban J connectivity index is 1.43. The van der Waals surface area contributed by atoms with E-state index in [0.717, 1.165) is 48.2 Å². The number of esters is 1. The number of hydrogen-bond acceptors (Lipinski definition) is 8. The van der Waals surface area contributed by atoms with Crippen molar-refractivity contribution in [1.29, 1.82) is 0 Å². The lowest BCUT2D eigenvalue weighted by Gasteiger charge is -2.42. The molecule has 1 aromatic carbocycles. The largest absolute Gasteiger partial charge is 0.512 e. The van der Waals surface area contributed by atoms with Gasteiger partial charge in [-0.15, -0.1) is 5.10 Å². The van der Waals surface area contributed by atoms with Crippen LogP contribution < -0.4 is 4.74 Å². The first-order chi connectivity index (χ1) is 19.1. The van der Waals surface area contributed by atoms with E-state index in [-0.39, 0.29) is 41.9 Å². The second-order valence-electron chi connectivity index (χ2n) is 11.6. The monoisotopic (exact) mass is 548 g/mol. The van der Waals surface area contributed by atoms with E-state index in [1.807, 2.05) is 46.8 Å². The summed E-state index contributed by atoms with van der Waals surface area (Å²) in [6, 6.07) is 5.61. The minimum Gasteiger partial charge on any atom is -0.512 e. The molecule has 2 N–H and O–H groups in total. The molecule has 3 aromatic rings. The van der Waals surface area contributed by atoms with Crippen molar-refractivity contribution in [3.8, 4) is 11.5 Å². The number of aliphatic hydroxyl groups is 1. The Kier molecular flexibility index (Phi) is 7.75. The molecule has 1 saturated carbocycles. The summed E-state index contributed by atoms with van der Waals surface area (Å²) in [6.07, 6.45) is 6.23. The Hall–Kier alpha value is -3.62. The highest BCUT2D eigenvalue weighted by atomic mass is 16.6. The number of carbonyl (C=O) groups excluding carboxylic acids is 1. The third-order valence-electron chi connectivity index (χ3n) is 8.28. The van der Waals surface area contributed by atoms with Crippen LogP contribution in [0.15, 0.2) is 29.5 Å². The van der Waals surface area contributed by atoms with Crippen LogP contribution in [-0.2, 0) is 28.8 Å². The highest BCUT2D eigenvalue weighted by molar-refractivity contribution is 5.90. The molecule has 1 fully saturated rings. The van der Waals surface area contributed by atoms with Crippen molar-refractivity contribution in [1.82, 2.24) is 19.6 Å². The zero-order chi connectivity index (χ0) is 28.6. The van der Waals surface area contributed by atoms with E-state index in [1.165, 1.54) is 0 Å². The lowest BCUT2D eigenvalue weighted by molar-refractivity contribution is -0.167. The summed E-state index contributed by atoms with van der Waals surface area (Å²) in [5, 5.41) is 26.3. The molecule has 40 heavy (non-hydrogen) atoms. The number of ether oxygens (including phenoxy) is 2. The molecule has 1 aliphatic carbocycles. The van der Waals surface area contributed by atoms with Crippen LogP contribution >= 0.6 is 0 Å². The smallest absolute Gasteiger partial charge is 0.338 e. The Bertz CT molecular complexity index is 1450. The van der Waals surface area contributed by atoms with Crippen molar-refractivity contribution in [3.63, 3.8) is 0 Å². The Morgan fingerprint density at radius 1 is 1.12 bits per heavy atom.